The van der Waals surface area contributed by atoms with E-state index in [0.717, 1.165) is 80.5 Å². The van der Waals surface area contributed by atoms with Crippen LogP contribution in [0.2, 0.25) is 0 Å². The molecule has 0 bridgehead atoms. The summed E-state index contributed by atoms with van der Waals surface area (Å²) in [5.41, 5.74) is 1.40. The van der Waals surface area contributed by atoms with Crippen LogP contribution in [0.3, 0.4) is 0 Å². The highest BCUT2D eigenvalue weighted by Crippen LogP contribution is 2.44. The fourth-order valence-electron chi connectivity index (χ4n) is 5.36. The molecule has 1 amide bonds. The maximum absolute atomic E-state index is 13.3. The predicted molar refractivity (Wildman–Crippen MR) is 165 cm³/mol. The van der Waals surface area contributed by atoms with Gasteiger partial charge in [-0.05, 0) is 90.2 Å². The Bertz CT molecular complexity index is 1410. The molecule has 0 aliphatic heterocycles. The summed E-state index contributed by atoms with van der Waals surface area (Å²) in [6.07, 6.45) is 8.59. The van der Waals surface area contributed by atoms with Crippen LogP contribution in [0.5, 0.6) is 5.75 Å². The van der Waals surface area contributed by atoms with Crippen molar-refractivity contribution in [3.63, 3.8) is 0 Å². The van der Waals surface area contributed by atoms with E-state index in [1.807, 2.05) is 21.6 Å². The van der Waals surface area contributed by atoms with Crippen LogP contribution in [0.25, 0.3) is 21.3 Å². The Balaban J connectivity index is 1.51. The average molecular weight is 582 g/mol. The molecule has 0 spiro atoms. The number of benzene rings is 1. The molecule has 9 heteroatoms. The number of nitrogens with zero attached hydrogens (tertiary/aromatic N) is 3. The molecule has 0 radical (unpaired) electrons. The SMILES string of the molecule is CCCN(C)CCN(C=O)C(C)CCCc1ccc(-c2ccc3c(=O)c(C(=O)OCC)cn(C4CC4)c3c2OC)s1. The smallest absolute Gasteiger partial charge is 0.343 e. The molecule has 1 fully saturated rings. The lowest BCUT2D eigenvalue weighted by molar-refractivity contribution is -0.120. The molecule has 1 saturated carbocycles. The fraction of sp³-hybridized carbons (Fsp3) is 0.531. The van der Waals surface area contributed by atoms with Crippen molar-refractivity contribution in [2.24, 2.45) is 0 Å². The number of fused-ring (bicyclic) bond motifs is 1. The zero-order valence-corrected chi connectivity index (χ0v) is 25.8. The Kier molecular flexibility index (Phi) is 10.6. The van der Waals surface area contributed by atoms with Gasteiger partial charge >= 0.3 is 5.97 Å². The summed E-state index contributed by atoms with van der Waals surface area (Å²) in [5, 5.41) is 0.467. The zero-order chi connectivity index (χ0) is 29.5. The number of amides is 1. The number of carbonyl (C=O) groups excluding carboxylic acids is 2. The average Bonchev–Trinajstić information content (AvgIpc) is 3.70. The molecule has 8 nitrogen and oxygen atoms in total. The molecular weight excluding hydrogens is 538 g/mol. The van der Waals surface area contributed by atoms with E-state index in [-0.39, 0.29) is 29.7 Å². The third-order valence-corrected chi connectivity index (χ3v) is 8.98. The van der Waals surface area contributed by atoms with Crippen LogP contribution in [0.1, 0.15) is 74.2 Å². The van der Waals surface area contributed by atoms with E-state index in [1.54, 1.807) is 31.6 Å². The summed E-state index contributed by atoms with van der Waals surface area (Å²) >= 11 is 1.73. The second kappa shape index (κ2) is 14.1. The molecule has 0 N–H and O–H groups in total. The molecule has 1 unspecified atom stereocenters. The van der Waals surface area contributed by atoms with Crippen molar-refractivity contribution < 1.29 is 19.1 Å². The van der Waals surface area contributed by atoms with Crippen LogP contribution in [0, 0.1) is 0 Å². The summed E-state index contributed by atoms with van der Waals surface area (Å²) < 4.78 is 13.1. The maximum atomic E-state index is 13.3. The summed E-state index contributed by atoms with van der Waals surface area (Å²) in [6.45, 7) is 8.92. The van der Waals surface area contributed by atoms with E-state index in [4.69, 9.17) is 9.47 Å². The molecule has 2 aromatic heterocycles. The predicted octanol–water partition coefficient (Wildman–Crippen LogP) is 5.76. The zero-order valence-electron chi connectivity index (χ0n) is 25.0. The molecule has 1 aromatic carbocycles. The lowest BCUT2D eigenvalue weighted by atomic mass is 10.0. The first kappa shape index (κ1) is 30.8. The highest BCUT2D eigenvalue weighted by molar-refractivity contribution is 7.15. The van der Waals surface area contributed by atoms with Crippen molar-refractivity contribution in [3.8, 4) is 16.2 Å². The minimum atomic E-state index is -0.589. The number of thiophene rings is 1. The first-order valence-corrected chi connectivity index (χ1v) is 15.6. The minimum Gasteiger partial charge on any atom is -0.494 e. The van der Waals surface area contributed by atoms with Gasteiger partial charge in [0, 0.05) is 46.7 Å². The first-order chi connectivity index (χ1) is 19.8. The van der Waals surface area contributed by atoms with Gasteiger partial charge in [0.05, 0.1) is 24.6 Å². The number of methoxy groups -OCH3 is 1. The highest BCUT2D eigenvalue weighted by Gasteiger charge is 2.29. The second-order valence-corrected chi connectivity index (χ2v) is 12.1. The summed E-state index contributed by atoms with van der Waals surface area (Å²) in [5.74, 6) is 0.0627. The summed E-state index contributed by atoms with van der Waals surface area (Å²) in [7, 11) is 3.73. The number of hydrogen-bond donors (Lipinski definition) is 0. The molecule has 1 aliphatic rings. The molecule has 41 heavy (non-hydrogen) atoms. The van der Waals surface area contributed by atoms with Gasteiger partial charge in [0.2, 0.25) is 11.8 Å². The van der Waals surface area contributed by atoms with E-state index < -0.39 is 5.97 Å². The Morgan fingerprint density at radius 1 is 1.17 bits per heavy atom. The van der Waals surface area contributed by atoms with Crippen LogP contribution in [0.4, 0.5) is 0 Å². The van der Waals surface area contributed by atoms with Crippen LogP contribution in [-0.2, 0) is 16.0 Å². The molecule has 1 atom stereocenters. The molecule has 222 valence electrons. The largest absolute Gasteiger partial charge is 0.494 e. The second-order valence-electron chi connectivity index (χ2n) is 10.9. The van der Waals surface area contributed by atoms with Gasteiger partial charge in [0.25, 0.3) is 0 Å². The first-order valence-electron chi connectivity index (χ1n) is 14.7. The number of esters is 1. The van der Waals surface area contributed by atoms with Gasteiger partial charge in [-0.25, -0.2) is 4.79 Å². The molecule has 4 rings (SSSR count). The third-order valence-electron chi connectivity index (χ3n) is 7.81. The van der Waals surface area contributed by atoms with E-state index in [9.17, 15) is 14.4 Å². The Morgan fingerprint density at radius 2 is 1.95 bits per heavy atom. The monoisotopic (exact) mass is 581 g/mol. The number of ether oxygens (including phenoxy) is 2. The number of carbonyl (C=O) groups is 2. The van der Waals surface area contributed by atoms with Crippen molar-refractivity contribution in [1.82, 2.24) is 14.4 Å². The Morgan fingerprint density at radius 3 is 2.61 bits per heavy atom. The van der Waals surface area contributed by atoms with E-state index >= 15 is 0 Å². The lowest BCUT2D eigenvalue weighted by Gasteiger charge is -2.27. The number of rotatable bonds is 16. The fourth-order valence-corrected chi connectivity index (χ4v) is 6.44. The number of aromatic nitrogens is 1. The molecule has 3 aromatic rings. The van der Waals surface area contributed by atoms with E-state index in [2.05, 4.69) is 37.9 Å². The minimum absolute atomic E-state index is 0.0646. The van der Waals surface area contributed by atoms with Crippen molar-refractivity contribution >= 4 is 34.6 Å². The quantitative estimate of drug-likeness (QED) is 0.158. The topological polar surface area (TPSA) is 81.1 Å². The lowest BCUT2D eigenvalue weighted by Crippen LogP contribution is -2.38. The van der Waals surface area contributed by atoms with Gasteiger partial charge in [-0.1, -0.05) is 6.92 Å². The van der Waals surface area contributed by atoms with Crippen LogP contribution in [-0.4, -0.2) is 73.2 Å². The summed E-state index contributed by atoms with van der Waals surface area (Å²) in [6, 6.07) is 8.42. The van der Waals surface area contributed by atoms with Gasteiger partial charge in [0.15, 0.2) is 5.75 Å². The third kappa shape index (κ3) is 7.19. The standard InChI is InChI=1S/C32H43N3O5S/c1-6-17-33(4)18-19-34(21-36)22(3)9-8-10-24-13-16-28(41-24)25-14-15-26-29(31(25)39-5)35(23-11-12-23)20-27(30(26)37)32(38)40-7-2/h13-16,20-23H,6-12,17-19H2,1-5H3. The van der Waals surface area contributed by atoms with E-state index in [1.165, 1.54) is 4.88 Å². The van der Waals surface area contributed by atoms with Crippen LogP contribution >= 0.6 is 11.3 Å². The van der Waals surface area contributed by atoms with E-state index in [0.29, 0.717) is 11.1 Å². The van der Waals surface area contributed by atoms with Crippen molar-refractivity contribution in [3.05, 3.63) is 51.1 Å². The van der Waals surface area contributed by atoms with Gasteiger partial charge in [-0.15, -0.1) is 11.3 Å². The van der Waals surface area contributed by atoms with Crippen LogP contribution in [0.15, 0.2) is 35.3 Å². The van der Waals surface area contributed by atoms with Crippen LogP contribution < -0.4 is 10.2 Å². The summed E-state index contributed by atoms with van der Waals surface area (Å²) in [4.78, 5) is 44.1. The van der Waals surface area contributed by atoms with Gasteiger partial charge in [-0.3, -0.25) is 9.59 Å². The highest BCUT2D eigenvalue weighted by atomic mass is 32.1. The molecule has 1 aliphatic carbocycles. The normalized spacial score (nSPS) is 13.9. The van der Waals surface area contributed by atoms with Crippen molar-refractivity contribution in [2.45, 2.75) is 71.4 Å². The number of pyridine rings is 1. The number of aryl methyl sites for hydroxylation is 1. The van der Waals surface area contributed by atoms with Crippen molar-refractivity contribution in [2.75, 3.05) is 40.4 Å². The van der Waals surface area contributed by atoms with Gasteiger partial charge < -0.3 is 23.8 Å². The Labute approximate surface area is 246 Å². The molecular formula is C32H43N3O5S. The Hall–Kier alpha value is -3.17. The van der Waals surface area contributed by atoms with Crippen molar-refractivity contribution in [1.29, 1.82) is 0 Å². The molecule has 0 saturated heterocycles. The molecule has 2 heterocycles. The van der Waals surface area contributed by atoms with Gasteiger partial charge in [-0.2, -0.15) is 0 Å². The van der Waals surface area contributed by atoms with Gasteiger partial charge in [0.1, 0.15) is 5.56 Å². The number of hydrogen-bond acceptors (Lipinski definition) is 7. The maximum Gasteiger partial charge on any atom is 0.343 e. The number of likely N-dealkylation sites (N-methyl/N-ethyl adjacent to an activating group) is 1.